The minimum atomic E-state index is -3.80. The number of sulfone groups is 1. The van der Waals surface area contributed by atoms with Crippen LogP contribution in [0.15, 0.2) is 82.8 Å². The van der Waals surface area contributed by atoms with Gasteiger partial charge in [0.1, 0.15) is 0 Å². The van der Waals surface area contributed by atoms with E-state index in [1.54, 1.807) is 13.0 Å². The first-order valence-corrected chi connectivity index (χ1v) is 10.9. The van der Waals surface area contributed by atoms with Crippen molar-refractivity contribution in [1.82, 2.24) is 0 Å². The van der Waals surface area contributed by atoms with Crippen molar-refractivity contribution in [2.75, 3.05) is 5.43 Å². The van der Waals surface area contributed by atoms with E-state index in [2.05, 4.69) is 10.5 Å². The zero-order chi connectivity index (χ0) is 21.7. The summed E-state index contributed by atoms with van der Waals surface area (Å²) in [6, 6.07) is 19.3. The highest BCUT2D eigenvalue weighted by Crippen LogP contribution is 2.26. The molecule has 0 atom stereocenters. The van der Waals surface area contributed by atoms with Gasteiger partial charge in [0.15, 0.2) is 9.84 Å². The zero-order valence-corrected chi connectivity index (χ0v) is 17.5. The third-order valence-electron chi connectivity index (χ3n) is 4.34. The van der Waals surface area contributed by atoms with Crippen molar-refractivity contribution >= 4 is 38.5 Å². The Morgan fingerprint density at radius 2 is 1.73 bits per heavy atom. The number of benzene rings is 3. The van der Waals surface area contributed by atoms with Crippen molar-refractivity contribution in [2.45, 2.75) is 17.6 Å². The van der Waals surface area contributed by atoms with Crippen LogP contribution in [0, 0.1) is 10.1 Å². The van der Waals surface area contributed by atoms with Crippen LogP contribution in [0.5, 0.6) is 0 Å². The molecule has 30 heavy (non-hydrogen) atoms. The Bertz CT molecular complexity index is 1190. The number of hydrazone groups is 1. The van der Waals surface area contributed by atoms with Gasteiger partial charge in [-0.25, -0.2) is 8.42 Å². The number of hydrogen-bond donors (Lipinski definition) is 1. The summed E-state index contributed by atoms with van der Waals surface area (Å²) >= 11 is 5.82. The Balaban J connectivity index is 1.93. The van der Waals surface area contributed by atoms with E-state index >= 15 is 0 Å². The molecule has 0 aliphatic heterocycles. The highest BCUT2D eigenvalue weighted by Gasteiger charge is 2.23. The Labute approximate surface area is 179 Å². The molecule has 0 unspecified atom stereocenters. The summed E-state index contributed by atoms with van der Waals surface area (Å²) in [5.74, 6) is -0.516. The Morgan fingerprint density at radius 1 is 1.07 bits per heavy atom. The average Bonchev–Trinajstić information content (AvgIpc) is 2.72. The van der Waals surface area contributed by atoms with Crippen LogP contribution in [0.1, 0.15) is 18.1 Å². The molecule has 154 valence electrons. The number of nitro groups is 1. The van der Waals surface area contributed by atoms with Gasteiger partial charge in [-0.05, 0) is 61.0 Å². The standard InChI is InChI=1S/C21H18ClN3O4S/c1-15(23-24-19-5-3-2-4-6-19)16-7-12-21(25(26)27)17(13-16)14-30(28,29)20-10-8-18(22)9-11-20/h2-13,24H,14H2,1H3. The van der Waals surface area contributed by atoms with Crippen LogP contribution in [0.3, 0.4) is 0 Å². The van der Waals surface area contributed by atoms with Gasteiger partial charge in [-0.1, -0.05) is 29.8 Å². The molecule has 0 spiro atoms. The molecular weight excluding hydrogens is 426 g/mol. The number of para-hydroxylation sites is 1. The van der Waals surface area contributed by atoms with E-state index in [1.165, 1.54) is 36.4 Å². The molecule has 0 fully saturated rings. The summed E-state index contributed by atoms with van der Waals surface area (Å²) in [6.45, 7) is 1.73. The topological polar surface area (TPSA) is 102 Å². The monoisotopic (exact) mass is 443 g/mol. The van der Waals surface area contributed by atoms with Crippen LogP contribution in [0.2, 0.25) is 5.02 Å². The highest BCUT2D eigenvalue weighted by molar-refractivity contribution is 7.90. The molecule has 0 aliphatic carbocycles. The van der Waals surface area contributed by atoms with Crippen LogP contribution in [-0.4, -0.2) is 19.1 Å². The molecule has 0 heterocycles. The fourth-order valence-electron chi connectivity index (χ4n) is 2.76. The smallest absolute Gasteiger partial charge is 0.273 e. The van der Waals surface area contributed by atoms with Crippen molar-refractivity contribution < 1.29 is 13.3 Å². The summed E-state index contributed by atoms with van der Waals surface area (Å²) in [7, 11) is -3.80. The van der Waals surface area contributed by atoms with E-state index in [0.29, 0.717) is 16.3 Å². The van der Waals surface area contributed by atoms with Gasteiger partial charge in [-0.3, -0.25) is 15.5 Å². The molecule has 0 aromatic heterocycles. The molecular formula is C21H18ClN3O4S. The van der Waals surface area contributed by atoms with Gasteiger partial charge in [0, 0.05) is 16.7 Å². The first-order chi connectivity index (χ1) is 14.3. The molecule has 0 aliphatic rings. The maximum absolute atomic E-state index is 12.8. The van der Waals surface area contributed by atoms with Crippen LogP contribution < -0.4 is 5.43 Å². The lowest BCUT2D eigenvalue weighted by molar-refractivity contribution is -0.385. The molecule has 0 radical (unpaired) electrons. The number of anilines is 1. The maximum atomic E-state index is 12.8. The normalized spacial score (nSPS) is 11.9. The van der Waals surface area contributed by atoms with Gasteiger partial charge in [0.25, 0.3) is 5.69 Å². The van der Waals surface area contributed by atoms with E-state index in [9.17, 15) is 18.5 Å². The van der Waals surface area contributed by atoms with E-state index in [4.69, 9.17) is 11.6 Å². The van der Waals surface area contributed by atoms with Gasteiger partial charge in [0.05, 0.1) is 27.0 Å². The largest absolute Gasteiger partial charge is 0.278 e. The number of nitrogens with zero attached hydrogens (tertiary/aromatic N) is 2. The summed E-state index contributed by atoms with van der Waals surface area (Å²) < 4.78 is 25.5. The quantitative estimate of drug-likeness (QED) is 0.312. The Morgan fingerprint density at radius 3 is 2.37 bits per heavy atom. The fraction of sp³-hybridized carbons (Fsp3) is 0.0952. The van der Waals surface area contributed by atoms with E-state index in [1.807, 2.05) is 30.3 Å². The fourth-order valence-corrected chi connectivity index (χ4v) is 4.24. The van der Waals surface area contributed by atoms with Gasteiger partial charge >= 0.3 is 0 Å². The molecule has 3 aromatic rings. The first kappa shape index (κ1) is 21.5. The Kier molecular flexibility index (Phi) is 6.49. The molecule has 7 nitrogen and oxygen atoms in total. The zero-order valence-electron chi connectivity index (χ0n) is 15.9. The SMILES string of the molecule is CC(=NNc1ccccc1)c1ccc([N+](=O)[O-])c(CS(=O)(=O)c2ccc(Cl)cc2)c1. The number of nitrogens with one attached hydrogen (secondary N) is 1. The predicted molar refractivity (Wildman–Crippen MR) is 118 cm³/mol. The van der Waals surface area contributed by atoms with Gasteiger partial charge in [-0.2, -0.15) is 5.10 Å². The summed E-state index contributed by atoms with van der Waals surface area (Å²) in [5.41, 5.74) is 4.63. The number of halogens is 1. The Hall–Kier alpha value is -3.23. The highest BCUT2D eigenvalue weighted by atomic mass is 35.5. The molecule has 0 saturated carbocycles. The molecule has 0 bridgehead atoms. The molecule has 0 saturated heterocycles. The van der Waals surface area contributed by atoms with E-state index in [0.717, 1.165) is 5.69 Å². The lowest BCUT2D eigenvalue weighted by Crippen LogP contribution is -2.09. The molecule has 3 rings (SSSR count). The lowest BCUT2D eigenvalue weighted by atomic mass is 10.1. The first-order valence-electron chi connectivity index (χ1n) is 8.87. The molecule has 9 heteroatoms. The molecule has 0 amide bonds. The van der Waals surface area contributed by atoms with E-state index in [-0.39, 0.29) is 16.1 Å². The third-order valence-corrected chi connectivity index (χ3v) is 6.27. The second-order valence-corrected chi connectivity index (χ2v) is 8.91. The second kappa shape index (κ2) is 9.06. The molecule has 1 N–H and O–H groups in total. The van der Waals surface area contributed by atoms with Crippen molar-refractivity contribution in [3.05, 3.63) is 99.1 Å². The second-order valence-electron chi connectivity index (χ2n) is 6.49. The lowest BCUT2D eigenvalue weighted by Gasteiger charge is -2.09. The predicted octanol–water partition coefficient (Wildman–Crippen LogP) is 5.06. The van der Waals surface area contributed by atoms with Gasteiger partial charge in [-0.15, -0.1) is 0 Å². The number of hydrogen-bond acceptors (Lipinski definition) is 6. The van der Waals surface area contributed by atoms with Crippen molar-refractivity contribution in [2.24, 2.45) is 5.10 Å². The number of nitro benzene ring substituents is 1. The van der Waals surface area contributed by atoms with Crippen LogP contribution in [0.25, 0.3) is 0 Å². The summed E-state index contributed by atoms with van der Waals surface area (Å²) in [4.78, 5) is 10.9. The van der Waals surface area contributed by atoms with Crippen LogP contribution in [0.4, 0.5) is 11.4 Å². The van der Waals surface area contributed by atoms with Crippen molar-refractivity contribution in [3.63, 3.8) is 0 Å². The molecule has 3 aromatic carbocycles. The maximum Gasteiger partial charge on any atom is 0.273 e. The summed E-state index contributed by atoms with van der Waals surface area (Å²) in [6.07, 6.45) is 0. The van der Waals surface area contributed by atoms with Gasteiger partial charge in [0.2, 0.25) is 0 Å². The minimum Gasteiger partial charge on any atom is -0.278 e. The average molecular weight is 444 g/mol. The number of rotatable bonds is 7. The van der Waals surface area contributed by atoms with Crippen LogP contribution in [-0.2, 0) is 15.6 Å². The van der Waals surface area contributed by atoms with Crippen LogP contribution >= 0.6 is 11.6 Å². The van der Waals surface area contributed by atoms with E-state index < -0.39 is 20.5 Å². The third kappa shape index (κ3) is 5.22. The van der Waals surface area contributed by atoms with Gasteiger partial charge < -0.3 is 0 Å². The van der Waals surface area contributed by atoms with Crippen molar-refractivity contribution in [1.29, 1.82) is 0 Å². The van der Waals surface area contributed by atoms with Crippen molar-refractivity contribution in [3.8, 4) is 0 Å². The minimum absolute atomic E-state index is 0.0442. The summed E-state index contributed by atoms with van der Waals surface area (Å²) in [5, 5.41) is 16.1.